The molecule has 0 saturated heterocycles. The van der Waals surface area contributed by atoms with Crippen molar-refractivity contribution in [2.45, 2.75) is 27.7 Å². The normalized spacial score (nSPS) is 10.9. The third kappa shape index (κ3) is 5.12. The molecular weight excluding hydrogens is 240 g/mol. The monoisotopic (exact) mass is 262 g/mol. The van der Waals surface area contributed by atoms with E-state index >= 15 is 0 Å². The van der Waals surface area contributed by atoms with Crippen molar-refractivity contribution in [2.75, 3.05) is 13.1 Å². The van der Waals surface area contributed by atoms with Crippen molar-refractivity contribution in [3.8, 4) is 0 Å². The van der Waals surface area contributed by atoms with Crippen molar-refractivity contribution in [1.82, 2.24) is 10.6 Å². The Kier molecular flexibility index (Phi) is 5.10. The van der Waals surface area contributed by atoms with E-state index in [1.807, 2.05) is 45.9 Å². The third-order valence-corrected chi connectivity index (χ3v) is 2.66. The molecule has 0 radical (unpaired) electrons. The van der Waals surface area contributed by atoms with E-state index in [9.17, 15) is 9.59 Å². The maximum absolute atomic E-state index is 11.8. The zero-order chi connectivity index (χ0) is 14.5. The Labute approximate surface area is 114 Å². The maximum Gasteiger partial charge on any atom is 0.251 e. The Morgan fingerprint density at radius 3 is 2.32 bits per heavy atom. The topological polar surface area (TPSA) is 58.2 Å². The van der Waals surface area contributed by atoms with Crippen LogP contribution < -0.4 is 10.6 Å². The summed E-state index contributed by atoms with van der Waals surface area (Å²) in [4.78, 5) is 23.4. The molecule has 4 nitrogen and oxygen atoms in total. The predicted octanol–water partition coefficient (Wildman–Crippen LogP) is 1.89. The number of rotatable bonds is 4. The van der Waals surface area contributed by atoms with Crippen LogP contribution in [0.2, 0.25) is 0 Å². The molecule has 1 rings (SSSR count). The van der Waals surface area contributed by atoms with Gasteiger partial charge in [0, 0.05) is 24.1 Å². The first-order valence-corrected chi connectivity index (χ1v) is 6.44. The molecule has 4 heteroatoms. The molecular formula is C15H22N2O2. The van der Waals surface area contributed by atoms with Crippen LogP contribution in [0.1, 0.15) is 36.7 Å². The minimum Gasteiger partial charge on any atom is -0.354 e. The van der Waals surface area contributed by atoms with E-state index < -0.39 is 5.41 Å². The van der Waals surface area contributed by atoms with E-state index in [2.05, 4.69) is 10.6 Å². The van der Waals surface area contributed by atoms with E-state index in [1.54, 1.807) is 6.07 Å². The third-order valence-electron chi connectivity index (χ3n) is 2.66. The summed E-state index contributed by atoms with van der Waals surface area (Å²) in [5, 5.41) is 5.57. The average molecular weight is 262 g/mol. The molecule has 0 fully saturated rings. The first kappa shape index (κ1) is 15.2. The molecule has 0 aliphatic heterocycles. The highest BCUT2D eigenvalue weighted by atomic mass is 16.2. The van der Waals surface area contributed by atoms with Crippen LogP contribution >= 0.6 is 0 Å². The number of carbonyl (C=O) groups is 2. The first-order valence-electron chi connectivity index (χ1n) is 6.44. The van der Waals surface area contributed by atoms with Crippen LogP contribution in [0.3, 0.4) is 0 Å². The fourth-order valence-corrected chi connectivity index (χ4v) is 1.51. The van der Waals surface area contributed by atoms with Gasteiger partial charge in [0.15, 0.2) is 0 Å². The van der Waals surface area contributed by atoms with Gasteiger partial charge in [-0.15, -0.1) is 0 Å². The second kappa shape index (κ2) is 6.36. The van der Waals surface area contributed by atoms with Crippen LogP contribution in [0.15, 0.2) is 24.3 Å². The Hall–Kier alpha value is -1.84. The van der Waals surface area contributed by atoms with Crippen LogP contribution in [-0.2, 0) is 4.79 Å². The van der Waals surface area contributed by atoms with E-state index in [4.69, 9.17) is 0 Å². The Balaban J connectivity index is 2.34. The van der Waals surface area contributed by atoms with Gasteiger partial charge in [-0.05, 0) is 19.1 Å². The van der Waals surface area contributed by atoms with Gasteiger partial charge in [0.05, 0.1) is 0 Å². The Morgan fingerprint density at radius 1 is 1.11 bits per heavy atom. The molecule has 0 heterocycles. The van der Waals surface area contributed by atoms with Crippen LogP contribution in [0, 0.1) is 12.3 Å². The fourth-order valence-electron chi connectivity index (χ4n) is 1.51. The predicted molar refractivity (Wildman–Crippen MR) is 76.0 cm³/mol. The van der Waals surface area contributed by atoms with Crippen molar-refractivity contribution in [1.29, 1.82) is 0 Å². The number of nitrogens with one attached hydrogen (secondary N) is 2. The van der Waals surface area contributed by atoms with E-state index in [-0.39, 0.29) is 11.8 Å². The molecule has 0 atom stereocenters. The molecule has 0 saturated carbocycles. The van der Waals surface area contributed by atoms with Crippen molar-refractivity contribution < 1.29 is 9.59 Å². The Bertz CT molecular complexity index is 461. The summed E-state index contributed by atoms with van der Waals surface area (Å²) in [7, 11) is 0. The van der Waals surface area contributed by atoms with E-state index in [0.29, 0.717) is 18.7 Å². The SMILES string of the molecule is Cc1cccc(C(=O)NCCNC(=O)C(C)(C)C)c1. The highest BCUT2D eigenvalue weighted by Gasteiger charge is 2.20. The van der Waals surface area contributed by atoms with Gasteiger partial charge >= 0.3 is 0 Å². The molecule has 0 bridgehead atoms. The van der Waals surface area contributed by atoms with Crippen molar-refractivity contribution in [3.05, 3.63) is 35.4 Å². The number of hydrogen-bond acceptors (Lipinski definition) is 2. The smallest absolute Gasteiger partial charge is 0.251 e. The van der Waals surface area contributed by atoms with Gasteiger partial charge in [0.25, 0.3) is 5.91 Å². The summed E-state index contributed by atoms with van der Waals surface area (Å²) < 4.78 is 0. The molecule has 19 heavy (non-hydrogen) atoms. The quantitative estimate of drug-likeness (QED) is 0.814. The maximum atomic E-state index is 11.8. The highest BCUT2D eigenvalue weighted by Crippen LogP contribution is 2.11. The first-order chi connectivity index (χ1) is 8.80. The van der Waals surface area contributed by atoms with Crippen molar-refractivity contribution in [3.63, 3.8) is 0 Å². The average Bonchev–Trinajstić information content (AvgIpc) is 2.32. The number of carbonyl (C=O) groups excluding carboxylic acids is 2. The summed E-state index contributed by atoms with van der Waals surface area (Å²) in [6, 6.07) is 7.41. The standard InChI is InChI=1S/C15H22N2O2/c1-11-6-5-7-12(10-11)13(18)16-8-9-17-14(19)15(2,3)4/h5-7,10H,8-9H2,1-4H3,(H,16,18)(H,17,19). The molecule has 2 N–H and O–H groups in total. The molecule has 0 spiro atoms. The van der Waals surface area contributed by atoms with E-state index in [1.165, 1.54) is 0 Å². The van der Waals surface area contributed by atoms with Gasteiger partial charge < -0.3 is 10.6 Å². The number of hydrogen-bond donors (Lipinski definition) is 2. The molecule has 104 valence electrons. The zero-order valence-electron chi connectivity index (χ0n) is 12.0. The van der Waals surface area contributed by atoms with Crippen molar-refractivity contribution >= 4 is 11.8 Å². The van der Waals surface area contributed by atoms with Crippen LogP contribution in [0.25, 0.3) is 0 Å². The minimum absolute atomic E-state index is 0.0164. The van der Waals surface area contributed by atoms with Crippen molar-refractivity contribution in [2.24, 2.45) is 5.41 Å². The number of amides is 2. The summed E-state index contributed by atoms with van der Waals surface area (Å²) in [5.41, 5.74) is 1.29. The molecule has 0 aliphatic rings. The lowest BCUT2D eigenvalue weighted by atomic mass is 9.96. The van der Waals surface area contributed by atoms with Gasteiger partial charge in [-0.3, -0.25) is 9.59 Å². The summed E-state index contributed by atoms with van der Waals surface area (Å²) >= 11 is 0. The molecule has 0 unspecified atom stereocenters. The molecule has 2 amide bonds. The summed E-state index contributed by atoms with van der Waals surface area (Å²) in [6.07, 6.45) is 0. The highest BCUT2D eigenvalue weighted by molar-refractivity contribution is 5.94. The van der Waals surface area contributed by atoms with Gasteiger partial charge in [0.2, 0.25) is 5.91 Å². The number of benzene rings is 1. The zero-order valence-corrected chi connectivity index (χ0v) is 12.0. The van der Waals surface area contributed by atoms with E-state index in [0.717, 1.165) is 5.56 Å². The molecule has 1 aromatic rings. The number of aryl methyl sites for hydroxylation is 1. The van der Waals surface area contributed by atoms with Crippen LogP contribution in [0.5, 0.6) is 0 Å². The summed E-state index contributed by atoms with van der Waals surface area (Å²) in [5.74, 6) is -0.133. The molecule has 0 aliphatic carbocycles. The van der Waals surface area contributed by atoms with Gasteiger partial charge in [-0.1, -0.05) is 38.5 Å². The van der Waals surface area contributed by atoms with Gasteiger partial charge in [0.1, 0.15) is 0 Å². The Morgan fingerprint density at radius 2 is 1.74 bits per heavy atom. The van der Waals surface area contributed by atoms with Gasteiger partial charge in [-0.25, -0.2) is 0 Å². The lowest BCUT2D eigenvalue weighted by Gasteiger charge is -2.17. The van der Waals surface area contributed by atoms with Gasteiger partial charge in [-0.2, -0.15) is 0 Å². The summed E-state index contributed by atoms with van der Waals surface area (Å²) in [6.45, 7) is 8.37. The van der Waals surface area contributed by atoms with Crippen LogP contribution in [0.4, 0.5) is 0 Å². The van der Waals surface area contributed by atoms with Crippen LogP contribution in [-0.4, -0.2) is 24.9 Å². The second-order valence-electron chi connectivity index (χ2n) is 5.63. The second-order valence-corrected chi connectivity index (χ2v) is 5.63. The minimum atomic E-state index is -0.402. The molecule has 0 aromatic heterocycles. The fraction of sp³-hybridized carbons (Fsp3) is 0.467. The lowest BCUT2D eigenvalue weighted by Crippen LogP contribution is -2.39. The largest absolute Gasteiger partial charge is 0.354 e. The lowest BCUT2D eigenvalue weighted by molar-refractivity contribution is -0.128. The molecule has 1 aromatic carbocycles.